The Kier molecular flexibility index (Phi) is 5.47. The van der Waals surface area contributed by atoms with Crippen LogP contribution in [0.25, 0.3) is 10.9 Å². The molecular weight excluding hydrogens is 346 g/mol. The quantitative estimate of drug-likeness (QED) is 0.655. The fraction of sp³-hybridized carbons (Fsp3) is 0.200. The van der Waals surface area contributed by atoms with Gasteiger partial charge in [0.2, 0.25) is 0 Å². The van der Waals surface area contributed by atoms with Crippen molar-refractivity contribution in [3.63, 3.8) is 0 Å². The molecule has 0 aliphatic rings. The van der Waals surface area contributed by atoms with Gasteiger partial charge in [0.1, 0.15) is 23.9 Å². The predicted octanol–water partition coefficient (Wildman–Crippen LogP) is 3.23. The van der Waals surface area contributed by atoms with Crippen molar-refractivity contribution in [2.24, 2.45) is 0 Å². The van der Waals surface area contributed by atoms with E-state index in [9.17, 15) is 4.79 Å². The lowest BCUT2D eigenvalue weighted by Gasteiger charge is -2.08. The maximum atomic E-state index is 12.7. The number of hydrogen-bond donors (Lipinski definition) is 2. The van der Waals surface area contributed by atoms with E-state index in [1.54, 1.807) is 31.2 Å². The molecule has 27 heavy (non-hydrogen) atoms. The molecule has 1 amide bonds. The molecule has 7 heteroatoms. The van der Waals surface area contributed by atoms with Gasteiger partial charge in [0.05, 0.1) is 19.7 Å². The molecule has 0 unspecified atom stereocenters. The second kappa shape index (κ2) is 8.15. The highest BCUT2D eigenvalue weighted by Gasteiger charge is 2.14. The number of methoxy groups -OCH3 is 2. The summed E-state index contributed by atoms with van der Waals surface area (Å²) in [4.78, 5) is 12.7. The Morgan fingerprint density at radius 1 is 1.11 bits per heavy atom. The summed E-state index contributed by atoms with van der Waals surface area (Å²) >= 11 is 0. The Hall–Kier alpha value is -3.66. The molecule has 3 aromatic rings. The van der Waals surface area contributed by atoms with Crippen LogP contribution in [0.1, 0.15) is 17.3 Å². The minimum atomic E-state index is -0.330. The van der Waals surface area contributed by atoms with Gasteiger partial charge in [0, 0.05) is 17.0 Å². The summed E-state index contributed by atoms with van der Waals surface area (Å²) in [7, 11) is 3.06. The topological polar surface area (TPSA) is 85.5 Å². The lowest BCUT2D eigenvalue weighted by molar-refractivity contribution is 0.102. The Morgan fingerprint density at radius 2 is 1.85 bits per heavy atom. The van der Waals surface area contributed by atoms with Crippen molar-refractivity contribution in [2.45, 2.75) is 6.92 Å². The van der Waals surface area contributed by atoms with Crippen LogP contribution >= 0.6 is 0 Å². The van der Waals surface area contributed by atoms with E-state index in [4.69, 9.17) is 14.2 Å². The number of H-pyrrole nitrogens is 1. The molecule has 3 rings (SSSR count). The van der Waals surface area contributed by atoms with E-state index in [1.165, 1.54) is 14.2 Å². The van der Waals surface area contributed by atoms with Crippen molar-refractivity contribution < 1.29 is 19.0 Å². The molecule has 0 bridgehead atoms. The highest BCUT2D eigenvalue weighted by atomic mass is 16.5. The molecule has 0 saturated carbocycles. The molecule has 0 saturated heterocycles. The van der Waals surface area contributed by atoms with E-state index >= 15 is 0 Å². The van der Waals surface area contributed by atoms with Gasteiger partial charge < -0.3 is 19.5 Å². The molecule has 1 heterocycles. The molecule has 0 fully saturated rings. The Morgan fingerprint density at radius 3 is 2.52 bits per heavy atom. The van der Waals surface area contributed by atoms with Gasteiger partial charge in [-0.25, -0.2) is 0 Å². The summed E-state index contributed by atoms with van der Waals surface area (Å²) in [6.45, 7) is 2.05. The second-order valence-electron chi connectivity index (χ2n) is 5.55. The molecule has 0 spiro atoms. The number of carbonyl (C=O) groups excluding carboxylic acids is 1. The average molecular weight is 365 g/mol. The third-order valence-corrected chi connectivity index (χ3v) is 3.87. The SMILES string of the molecule is CC#CCOc1ccc2[nH]nc(NC(=O)c3cc(OC)cc(OC)c3)c2c1. The lowest BCUT2D eigenvalue weighted by atomic mass is 10.1. The van der Waals surface area contributed by atoms with Crippen LogP contribution in [0.15, 0.2) is 36.4 Å². The van der Waals surface area contributed by atoms with Gasteiger partial charge in [-0.3, -0.25) is 9.89 Å². The van der Waals surface area contributed by atoms with Crippen LogP contribution in [0.4, 0.5) is 5.82 Å². The standard InChI is InChI=1S/C20H19N3O4/c1-4-5-8-27-14-6-7-18-17(12-14)19(23-22-18)21-20(24)13-9-15(25-2)11-16(10-13)26-3/h6-7,9-12H,8H2,1-3H3,(H2,21,22,23,24). The van der Waals surface area contributed by atoms with Gasteiger partial charge in [-0.05, 0) is 37.3 Å². The molecule has 0 radical (unpaired) electrons. The monoisotopic (exact) mass is 365 g/mol. The van der Waals surface area contributed by atoms with Crippen molar-refractivity contribution in [1.29, 1.82) is 0 Å². The number of hydrogen-bond acceptors (Lipinski definition) is 5. The average Bonchev–Trinajstić information content (AvgIpc) is 3.09. The number of nitrogens with one attached hydrogen (secondary N) is 2. The summed E-state index contributed by atoms with van der Waals surface area (Å²) in [5.74, 6) is 7.39. The van der Waals surface area contributed by atoms with Crippen molar-refractivity contribution in [3.8, 4) is 29.1 Å². The van der Waals surface area contributed by atoms with Crippen LogP contribution in [0.5, 0.6) is 17.2 Å². The number of aromatic amines is 1. The Labute approximate surface area is 156 Å². The molecule has 2 N–H and O–H groups in total. The van der Waals surface area contributed by atoms with Crippen LogP contribution in [0, 0.1) is 11.8 Å². The number of anilines is 1. The maximum Gasteiger partial charge on any atom is 0.257 e. The van der Waals surface area contributed by atoms with E-state index in [0.717, 1.165) is 10.9 Å². The van der Waals surface area contributed by atoms with Gasteiger partial charge >= 0.3 is 0 Å². The van der Waals surface area contributed by atoms with Gasteiger partial charge in [0.25, 0.3) is 5.91 Å². The van der Waals surface area contributed by atoms with Crippen LogP contribution < -0.4 is 19.5 Å². The second-order valence-corrected chi connectivity index (χ2v) is 5.55. The van der Waals surface area contributed by atoms with E-state index < -0.39 is 0 Å². The molecular formula is C20H19N3O4. The van der Waals surface area contributed by atoms with E-state index in [-0.39, 0.29) is 5.91 Å². The Bertz CT molecular complexity index is 1010. The fourth-order valence-electron chi connectivity index (χ4n) is 2.49. The molecule has 0 aliphatic heterocycles. The third kappa shape index (κ3) is 4.12. The predicted molar refractivity (Wildman–Crippen MR) is 103 cm³/mol. The number of aromatic nitrogens is 2. The summed E-state index contributed by atoms with van der Waals surface area (Å²) < 4.78 is 16.0. The molecule has 7 nitrogen and oxygen atoms in total. The molecule has 1 aromatic heterocycles. The third-order valence-electron chi connectivity index (χ3n) is 3.87. The fourth-order valence-corrected chi connectivity index (χ4v) is 2.49. The summed E-state index contributed by atoms with van der Waals surface area (Å²) in [6.07, 6.45) is 0. The normalized spacial score (nSPS) is 10.0. The summed E-state index contributed by atoms with van der Waals surface area (Å²) in [5.41, 5.74) is 1.18. The molecule has 0 aliphatic carbocycles. The van der Waals surface area contributed by atoms with Gasteiger partial charge in [-0.15, -0.1) is 5.92 Å². The van der Waals surface area contributed by atoms with Crippen LogP contribution in [0.3, 0.4) is 0 Å². The highest BCUT2D eigenvalue weighted by Crippen LogP contribution is 2.27. The van der Waals surface area contributed by atoms with Crippen LogP contribution in [-0.2, 0) is 0 Å². The first-order chi connectivity index (χ1) is 13.1. The van der Waals surface area contributed by atoms with Crippen molar-refractivity contribution in [1.82, 2.24) is 10.2 Å². The number of carbonyl (C=O) groups is 1. The number of amides is 1. The minimum Gasteiger partial charge on any atom is -0.497 e. The van der Waals surface area contributed by atoms with Crippen LogP contribution in [0.2, 0.25) is 0 Å². The minimum absolute atomic E-state index is 0.297. The van der Waals surface area contributed by atoms with E-state index in [2.05, 4.69) is 27.4 Å². The zero-order chi connectivity index (χ0) is 19.2. The maximum absolute atomic E-state index is 12.7. The summed E-state index contributed by atoms with van der Waals surface area (Å²) in [6, 6.07) is 10.4. The zero-order valence-corrected chi connectivity index (χ0v) is 15.3. The van der Waals surface area contributed by atoms with E-state index in [1.807, 2.05) is 12.1 Å². The summed E-state index contributed by atoms with van der Waals surface area (Å²) in [5, 5.41) is 10.6. The molecule has 138 valence electrons. The smallest absolute Gasteiger partial charge is 0.257 e. The zero-order valence-electron chi connectivity index (χ0n) is 15.3. The first-order valence-electron chi connectivity index (χ1n) is 8.19. The van der Waals surface area contributed by atoms with E-state index in [0.29, 0.717) is 35.2 Å². The van der Waals surface area contributed by atoms with Crippen molar-refractivity contribution in [3.05, 3.63) is 42.0 Å². The number of benzene rings is 2. The van der Waals surface area contributed by atoms with Gasteiger partial charge in [-0.2, -0.15) is 5.10 Å². The number of fused-ring (bicyclic) bond motifs is 1. The molecule has 0 atom stereocenters. The first-order valence-corrected chi connectivity index (χ1v) is 8.19. The number of rotatable bonds is 6. The number of ether oxygens (including phenoxy) is 3. The number of nitrogens with zero attached hydrogens (tertiary/aromatic N) is 1. The van der Waals surface area contributed by atoms with Gasteiger partial charge in [0.15, 0.2) is 5.82 Å². The lowest BCUT2D eigenvalue weighted by Crippen LogP contribution is -2.12. The van der Waals surface area contributed by atoms with Gasteiger partial charge in [-0.1, -0.05) is 5.92 Å². The van der Waals surface area contributed by atoms with Crippen molar-refractivity contribution >= 4 is 22.6 Å². The Balaban J connectivity index is 1.86. The largest absolute Gasteiger partial charge is 0.497 e. The van der Waals surface area contributed by atoms with Crippen LogP contribution in [-0.4, -0.2) is 36.9 Å². The highest BCUT2D eigenvalue weighted by molar-refractivity contribution is 6.08. The van der Waals surface area contributed by atoms with Crippen molar-refractivity contribution in [2.75, 3.05) is 26.1 Å². The molecule has 2 aromatic carbocycles. The first kappa shape index (κ1) is 18.1.